The number of nitrogen functional groups attached to an aromatic ring is 3. The Bertz CT molecular complexity index is 373. The average molecular weight is 368 g/mol. The molecular formula is C10H13IN3Zn-. The van der Waals surface area contributed by atoms with Crippen LogP contribution in [0.3, 0.4) is 0 Å². The number of nitrogens with two attached hydrogens (primary N) is 3. The van der Waals surface area contributed by atoms with Crippen LogP contribution in [0.25, 0.3) is 0 Å². The standard InChI is InChI=1S/C10H13IN3.Zn/c1-4-6(5-2-3-5)8(12)10(14)9(13)7(4)11;/h2-3,12-14H2,1H3;/q-1;. The van der Waals surface area contributed by atoms with Gasteiger partial charge in [0, 0.05) is 30.9 Å². The van der Waals surface area contributed by atoms with E-state index < -0.39 is 0 Å². The largest absolute Gasteiger partial charge is 0.447 e. The molecule has 1 aromatic carbocycles. The fourth-order valence-electron chi connectivity index (χ4n) is 1.68. The van der Waals surface area contributed by atoms with Gasteiger partial charge in [0.15, 0.2) is 0 Å². The molecule has 1 aromatic rings. The summed E-state index contributed by atoms with van der Waals surface area (Å²) >= 11 is 2.22. The minimum atomic E-state index is 0. The van der Waals surface area contributed by atoms with Gasteiger partial charge < -0.3 is 17.2 Å². The first-order chi connectivity index (χ1) is 6.54. The van der Waals surface area contributed by atoms with Gasteiger partial charge in [0.1, 0.15) is 0 Å². The Balaban J connectivity index is 0.00000112. The van der Waals surface area contributed by atoms with Gasteiger partial charge in [-0.25, -0.2) is 0 Å². The van der Waals surface area contributed by atoms with E-state index in [2.05, 4.69) is 29.5 Å². The van der Waals surface area contributed by atoms with Gasteiger partial charge in [-0.1, -0.05) is 42.4 Å². The van der Waals surface area contributed by atoms with E-state index in [1.54, 1.807) is 0 Å². The van der Waals surface area contributed by atoms with E-state index in [0.717, 1.165) is 22.0 Å². The summed E-state index contributed by atoms with van der Waals surface area (Å²) in [5.74, 6) is 1.41. The molecule has 1 saturated carbocycles. The summed E-state index contributed by atoms with van der Waals surface area (Å²) in [5.41, 5.74) is 21.8. The van der Waals surface area contributed by atoms with Gasteiger partial charge >= 0.3 is 0 Å². The molecule has 1 aliphatic carbocycles. The molecule has 0 saturated heterocycles. The summed E-state index contributed by atoms with van der Waals surface area (Å²) < 4.78 is 1.03. The fraction of sp³-hybridized carbons (Fsp3) is 0.300. The van der Waals surface area contributed by atoms with Crippen molar-refractivity contribution in [1.29, 1.82) is 0 Å². The molecule has 1 fully saturated rings. The second-order valence-corrected chi connectivity index (χ2v) is 4.74. The summed E-state index contributed by atoms with van der Waals surface area (Å²) in [6.07, 6.45) is 2.29. The van der Waals surface area contributed by atoms with Crippen LogP contribution >= 0.6 is 22.6 Å². The van der Waals surface area contributed by atoms with E-state index in [4.69, 9.17) is 17.2 Å². The van der Waals surface area contributed by atoms with Crippen LogP contribution in [0.1, 0.15) is 24.0 Å². The SMILES string of the molecule is Cc1c(I)c(N)c(N)c(N)c1[C-]1CC1.[Zn]. The van der Waals surface area contributed by atoms with Crippen LogP contribution < -0.4 is 17.2 Å². The Morgan fingerprint density at radius 2 is 1.60 bits per heavy atom. The second-order valence-electron chi connectivity index (χ2n) is 3.66. The van der Waals surface area contributed by atoms with Crippen LogP contribution in [-0.2, 0) is 19.5 Å². The minimum Gasteiger partial charge on any atom is -0.447 e. The number of halogens is 1. The van der Waals surface area contributed by atoms with Gasteiger partial charge in [0.05, 0.1) is 0 Å². The molecule has 78 valence electrons. The predicted octanol–water partition coefficient (Wildman–Crippen LogP) is 2.06. The van der Waals surface area contributed by atoms with Gasteiger partial charge in [-0.05, 0) is 9.26 Å². The average Bonchev–Trinajstić information content (AvgIpc) is 2.96. The Hall–Kier alpha value is -0.157. The van der Waals surface area contributed by atoms with Crippen LogP contribution in [0, 0.1) is 16.4 Å². The Morgan fingerprint density at radius 3 is 2.07 bits per heavy atom. The van der Waals surface area contributed by atoms with E-state index in [-0.39, 0.29) is 19.5 Å². The molecular weight excluding hydrogens is 354 g/mol. The molecule has 15 heavy (non-hydrogen) atoms. The van der Waals surface area contributed by atoms with Crippen LogP contribution in [0.2, 0.25) is 0 Å². The van der Waals surface area contributed by atoms with Crippen molar-refractivity contribution in [2.24, 2.45) is 0 Å². The minimum absolute atomic E-state index is 0. The zero-order valence-electron chi connectivity index (χ0n) is 8.73. The molecule has 0 spiro atoms. The molecule has 0 radical (unpaired) electrons. The molecule has 2 rings (SSSR count). The normalized spacial score (nSPS) is 13.6. The Morgan fingerprint density at radius 1 is 1.07 bits per heavy atom. The van der Waals surface area contributed by atoms with Crippen LogP contribution in [0.4, 0.5) is 17.1 Å². The summed E-state index contributed by atoms with van der Waals surface area (Å²) in [7, 11) is 0. The number of anilines is 3. The first-order valence-corrected chi connectivity index (χ1v) is 5.59. The fourth-order valence-corrected chi connectivity index (χ4v) is 2.24. The zero-order chi connectivity index (χ0) is 10.5. The molecule has 3 nitrogen and oxygen atoms in total. The number of hydrogen-bond acceptors (Lipinski definition) is 3. The quantitative estimate of drug-likeness (QED) is 0.308. The maximum atomic E-state index is 5.96. The van der Waals surface area contributed by atoms with Gasteiger partial charge in [-0.3, -0.25) is 0 Å². The maximum absolute atomic E-state index is 5.96. The zero-order valence-corrected chi connectivity index (χ0v) is 13.9. The Labute approximate surface area is 116 Å². The van der Waals surface area contributed by atoms with Crippen molar-refractivity contribution in [3.8, 4) is 0 Å². The van der Waals surface area contributed by atoms with Crippen LogP contribution in [0.15, 0.2) is 0 Å². The third kappa shape index (κ3) is 2.04. The van der Waals surface area contributed by atoms with Crippen LogP contribution in [0.5, 0.6) is 0 Å². The van der Waals surface area contributed by atoms with E-state index in [1.165, 1.54) is 11.5 Å². The molecule has 5 heteroatoms. The molecule has 0 atom stereocenters. The third-order valence-corrected chi connectivity index (χ3v) is 4.03. The Kier molecular flexibility index (Phi) is 3.77. The summed E-state index contributed by atoms with van der Waals surface area (Å²) in [5, 5.41) is 0. The predicted molar refractivity (Wildman–Crippen MR) is 68.7 cm³/mol. The van der Waals surface area contributed by atoms with Gasteiger partial charge in [-0.15, -0.1) is 5.56 Å². The van der Waals surface area contributed by atoms with E-state index in [1.807, 2.05) is 0 Å². The molecule has 0 unspecified atom stereocenters. The van der Waals surface area contributed by atoms with Crippen molar-refractivity contribution < 1.29 is 19.5 Å². The van der Waals surface area contributed by atoms with Crippen LogP contribution in [-0.4, -0.2) is 0 Å². The smallest absolute Gasteiger partial charge is 0.0453 e. The maximum Gasteiger partial charge on any atom is 0.0453 e. The number of benzene rings is 1. The first kappa shape index (κ1) is 12.9. The molecule has 0 amide bonds. The molecule has 0 aromatic heterocycles. The second kappa shape index (κ2) is 4.38. The molecule has 1 aliphatic rings. The van der Waals surface area contributed by atoms with Crippen molar-refractivity contribution >= 4 is 39.7 Å². The first-order valence-electron chi connectivity index (χ1n) is 4.51. The van der Waals surface area contributed by atoms with Gasteiger partial charge in [0.2, 0.25) is 0 Å². The molecule has 0 aliphatic heterocycles. The van der Waals surface area contributed by atoms with E-state index in [0.29, 0.717) is 17.1 Å². The number of hydrogen-bond donors (Lipinski definition) is 3. The monoisotopic (exact) mass is 366 g/mol. The van der Waals surface area contributed by atoms with Crippen molar-refractivity contribution in [2.45, 2.75) is 19.8 Å². The van der Waals surface area contributed by atoms with E-state index in [9.17, 15) is 0 Å². The third-order valence-electron chi connectivity index (χ3n) is 2.64. The van der Waals surface area contributed by atoms with Gasteiger partial charge in [0.25, 0.3) is 0 Å². The molecule has 6 N–H and O–H groups in total. The topological polar surface area (TPSA) is 78.1 Å². The van der Waals surface area contributed by atoms with Crippen molar-refractivity contribution in [3.63, 3.8) is 0 Å². The van der Waals surface area contributed by atoms with Gasteiger partial charge in [-0.2, -0.15) is 11.5 Å². The van der Waals surface area contributed by atoms with Crippen molar-refractivity contribution in [2.75, 3.05) is 17.2 Å². The van der Waals surface area contributed by atoms with Crippen molar-refractivity contribution in [1.82, 2.24) is 0 Å². The number of rotatable bonds is 1. The summed E-state index contributed by atoms with van der Waals surface area (Å²) in [6.45, 7) is 2.05. The summed E-state index contributed by atoms with van der Waals surface area (Å²) in [6, 6.07) is 0. The van der Waals surface area contributed by atoms with E-state index >= 15 is 0 Å². The molecule has 0 bridgehead atoms. The van der Waals surface area contributed by atoms with Crippen molar-refractivity contribution in [3.05, 3.63) is 20.6 Å². The molecule has 0 heterocycles. The summed E-state index contributed by atoms with van der Waals surface area (Å²) in [4.78, 5) is 0.